The van der Waals surface area contributed by atoms with E-state index >= 15 is 0 Å². The van der Waals surface area contributed by atoms with E-state index in [2.05, 4.69) is 9.97 Å². The zero-order valence-corrected chi connectivity index (χ0v) is 18.8. The average molecular weight is 456 g/mol. The molecule has 0 saturated carbocycles. The number of fused-ring (bicyclic) bond motifs is 1. The highest BCUT2D eigenvalue weighted by atomic mass is 32.2. The van der Waals surface area contributed by atoms with Gasteiger partial charge in [0, 0.05) is 47.6 Å². The van der Waals surface area contributed by atoms with Crippen molar-refractivity contribution in [2.75, 3.05) is 13.1 Å². The number of ketones is 1. The molecule has 3 aromatic rings. The third-order valence-electron chi connectivity index (χ3n) is 5.86. The molecule has 1 aromatic carbocycles. The second-order valence-corrected chi connectivity index (χ2v) is 9.92. The third kappa shape index (κ3) is 4.18. The maximum Gasteiger partial charge on any atom is 0.309 e. The van der Waals surface area contributed by atoms with Crippen molar-refractivity contribution in [3.05, 3.63) is 60.0 Å². The highest BCUT2D eigenvalue weighted by molar-refractivity contribution is 7.89. The van der Waals surface area contributed by atoms with Gasteiger partial charge in [-0.25, -0.2) is 8.42 Å². The Balaban J connectivity index is 1.39. The summed E-state index contributed by atoms with van der Waals surface area (Å²) in [6.45, 7) is 3.81. The van der Waals surface area contributed by atoms with Crippen LogP contribution in [-0.4, -0.2) is 53.6 Å². The quantitative estimate of drug-likeness (QED) is 0.452. The number of aryl methyl sites for hydroxylation is 1. The van der Waals surface area contributed by atoms with E-state index < -0.39 is 28.0 Å². The van der Waals surface area contributed by atoms with Gasteiger partial charge < -0.3 is 9.72 Å². The smallest absolute Gasteiger partial charge is 0.309 e. The predicted molar refractivity (Wildman–Crippen MR) is 119 cm³/mol. The van der Waals surface area contributed by atoms with Crippen LogP contribution in [0.4, 0.5) is 0 Å². The Labute approximate surface area is 186 Å². The van der Waals surface area contributed by atoms with Crippen molar-refractivity contribution in [3.8, 4) is 0 Å². The number of H-pyrrole nitrogens is 1. The molecule has 1 atom stereocenters. The summed E-state index contributed by atoms with van der Waals surface area (Å²) in [4.78, 5) is 32.9. The van der Waals surface area contributed by atoms with Crippen LogP contribution in [0.1, 0.15) is 35.8 Å². The lowest BCUT2D eigenvalue weighted by Gasteiger charge is -2.30. The number of aromatic amines is 1. The first-order valence-corrected chi connectivity index (χ1v) is 11.9. The lowest BCUT2D eigenvalue weighted by molar-refractivity contribution is -0.152. The monoisotopic (exact) mass is 455 g/mol. The topological polar surface area (TPSA) is 109 Å². The Hall–Kier alpha value is -3.04. The summed E-state index contributed by atoms with van der Waals surface area (Å²) in [6.07, 6.45) is 2.57. The van der Waals surface area contributed by atoms with Crippen LogP contribution in [0.5, 0.6) is 0 Å². The minimum atomic E-state index is -3.64. The molecule has 2 aromatic heterocycles. The molecule has 0 radical (unpaired) electrons. The van der Waals surface area contributed by atoms with Gasteiger partial charge in [-0.05, 0) is 44.9 Å². The molecule has 168 valence electrons. The van der Waals surface area contributed by atoms with Crippen molar-refractivity contribution < 1.29 is 22.7 Å². The maximum atomic E-state index is 13.0. The highest BCUT2D eigenvalue weighted by Crippen LogP contribution is 2.27. The number of pyridine rings is 1. The van der Waals surface area contributed by atoms with Gasteiger partial charge in [0.1, 0.15) is 4.90 Å². The van der Waals surface area contributed by atoms with Crippen LogP contribution in [0.25, 0.3) is 10.9 Å². The Morgan fingerprint density at radius 1 is 1.16 bits per heavy atom. The van der Waals surface area contributed by atoms with Crippen molar-refractivity contribution in [3.63, 3.8) is 0 Å². The maximum absolute atomic E-state index is 13.0. The Morgan fingerprint density at radius 3 is 2.56 bits per heavy atom. The van der Waals surface area contributed by atoms with Crippen molar-refractivity contribution in [1.82, 2.24) is 14.3 Å². The molecule has 0 amide bonds. The summed E-state index contributed by atoms with van der Waals surface area (Å²) in [5.41, 5.74) is 2.11. The first-order valence-electron chi connectivity index (χ1n) is 10.5. The fraction of sp³-hybridized carbons (Fsp3) is 0.348. The summed E-state index contributed by atoms with van der Waals surface area (Å²) < 4.78 is 32.3. The Morgan fingerprint density at radius 2 is 1.88 bits per heavy atom. The number of benzene rings is 1. The lowest BCUT2D eigenvalue weighted by atomic mass is 9.98. The van der Waals surface area contributed by atoms with E-state index in [0.29, 0.717) is 18.4 Å². The number of hydrogen-bond donors (Lipinski definition) is 1. The molecule has 1 aliphatic rings. The fourth-order valence-corrected chi connectivity index (χ4v) is 5.54. The second kappa shape index (κ2) is 8.84. The first kappa shape index (κ1) is 22.2. The summed E-state index contributed by atoms with van der Waals surface area (Å²) in [5.74, 6) is -1.18. The fourth-order valence-electron chi connectivity index (χ4n) is 4.10. The highest BCUT2D eigenvalue weighted by Gasteiger charge is 2.34. The number of nitrogens with zero attached hydrogens (tertiary/aromatic N) is 2. The van der Waals surface area contributed by atoms with Crippen molar-refractivity contribution in [1.29, 1.82) is 0 Å². The number of carbonyl (C=O) groups excluding carboxylic acids is 2. The molecule has 1 unspecified atom stereocenters. The summed E-state index contributed by atoms with van der Waals surface area (Å²) >= 11 is 0. The van der Waals surface area contributed by atoms with Gasteiger partial charge in [0.15, 0.2) is 6.10 Å². The largest absolute Gasteiger partial charge is 0.454 e. The van der Waals surface area contributed by atoms with Crippen molar-refractivity contribution in [2.45, 2.75) is 37.7 Å². The van der Waals surface area contributed by atoms with Gasteiger partial charge >= 0.3 is 5.97 Å². The van der Waals surface area contributed by atoms with Gasteiger partial charge in [-0.15, -0.1) is 0 Å². The zero-order chi connectivity index (χ0) is 22.9. The Kier molecular flexibility index (Phi) is 6.12. The van der Waals surface area contributed by atoms with Crippen LogP contribution in [-0.2, 0) is 19.6 Å². The molecule has 0 spiro atoms. The number of ether oxygens (including phenoxy) is 1. The number of nitrogens with one attached hydrogen (secondary N) is 1. The molecular weight excluding hydrogens is 430 g/mol. The van der Waals surface area contributed by atoms with Crippen LogP contribution in [0.2, 0.25) is 0 Å². The number of piperidine rings is 1. The molecular formula is C23H25N3O5S. The molecule has 1 aliphatic heterocycles. The van der Waals surface area contributed by atoms with Gasteiger partial charge in [0.2, 0.25) is 15.8 Å². The molecule has 8 nitrogen and oxygen atoms in total. The van der Waals surface area contributed by atoms with E-state index in [1.807, 2.05) is 31.2 Å². The summed E-state index contributed by atoms with van der Waals surface area (Å²) in [5, 5.41) is 0.798. The van der Waals surface area contributed by atoms with E-state index in [0.717, 1.165) is 16.6 Å². The van der Waals surface area contributed by atoms with Gasteiger partial charge in [-0.1, -0.05) is 18.2 Å². The molecule has 0 aliphatic carbocycles. The van der Waals surface area contributed by atoms with Gasteiger partial charge in [-0.2, -0.15) is 4.31 Å². The van der Waals surface area contributed by atoms with E-state index in [1.54, 1.807) is 13.0 Å². The van der Waals surface area contributed by atoms with Crippen LogP contribution < -0.4 is 0 Å². The molecule has 9 heteroatoms. The molecule has 1 N–H and O–H groups in total. The number of para-hydroxylation sites is 1. The summed E-state index contributed by atoms with van der Waals surface area (Å²) in [6, 6.07) is 10.6. The van der Waals surface area contributed by atoms with Gasteiger partial charge in [-0.3, -0.25) is 14.6 Å². The molecule has 4 rings (SSSR count). The number of rotatable bonds is 6. The zero-order valence-electron chi connectivity index (χ0n) is 17.9. The normalized spacial score (nSPS) is 16.7. The number of Topliss-reactive ketones (excluding diaryl/α,β-unsaturated/α-hetero) is 1. The second-order valence-electron chi connectivity index (χ2n) is 7.98. The Bertz CT molecular complexity index is 1250. The molecule has 1 fully saturated rings. The number of aromatic nitrogens is 2. The molecule has 0 bridgehead atoms. The number of esters is 1. The van der Waals surface area contributed by atoms with E-state index in [1.165, 1.54) is 22.8 Å². The molecule has 3 heterocycles. The van der Waals surface area contributed by atoms with Crippen molar-refractivity contribution in [2.24, 2.45) is 5.92 Å². The first-order chi connectivity index (χ1) is 15.3. The number of carbonyl (C=O) groups is 2. The van der Waals surface area contributed by atoms with E-state index in [-0.39, 0.29) is 23.8 Å². The van der Waals surface area contributed by atoms with E-state index in [9.17, 15) is 18.0 Å². The predicted octanol–water partition coefficient (Wildman–Crippen LogP) is 3.09. The number of hydrogen-bond acceptors (Lipinski definition) is 6. The van der Waals surface area contributed by atoms with Gasteiger partial charge in [0.05, 0.1) is 5.92 Å². The third-order valence-corrected chi connectivity index (χ3v) is 7.74. The van der Waals surface area contributed by atoms with Gasteiger partial charge in [0.25, 0.3) is 0 Å². The standard InChI is InChI=1S/C23H25N3O5S/c1-15-21(19-7-3-4-8-20(19)25-15)22(27)16(2)31-23(28)17-9-12-26(13-10-17)32(29,30)18-6-5-11-24-14-18/h3-8,11,14,16-17,25H,9-10,12-13H2,1-2H3. The number of sulfonamides is 1. The van der Waals surface area contributed by atoms with Crippen LogP contribution in [0.15, 0.2) is 53.7 Å². The average Bonchev–Trinajstić information content (AvgIpc) is 3.14. The minimum Gasteiger partial charge on any atom is -0.454 e. The van der Waals surface area contributed by atoms with Crippen LogP contribution in [0.3, 0.4) is 0 Å². The minimum absolute atomic E-state index is 0.134. The lowest BCUT2D eigenvalue weighted by Crippen LogP contribution is -2.41. The SMILES string of the molecule is Cc1[nH]c2ccccc2c1C(=O)C(C)OC(=O)C1CCN(S(=O)(=O)c2cccnc2)CC1. The summed E-state index contributed by atoms with van der Waals surface area (Å²) in [7, 11) is -3.64. The van der Waals surface area contributed by atoms with Crippen LogP contribution in [0, 0.1) is 12.8 Å². The van der Waals surface area contributed by atoms with E-state index in [4.69, 9.17) is 4.74 Å². The molecule has 1 saturated heterocycles. The van der Waals surface area contributed by atoms with Crippen LogP contribution >= 0.6 is 0 Å². The molecule has 32 heavy (non-hydrogen) atoms. The van der Waals surface area contributed by atoms with Crippen molar-refractivity contribution >= 4 is 32.7 Å².